The van der Waals surface area contributed by atoms with Gasteiger partial charge in [0.05, 0.1) is 5.52 Å². The summed E-state index contributed by atoms with van der Waals surface area (Å²) in [5.41, 5.74) is 1.82. The molecule has 23 heavy (non-hydrogen) atoms. The van der Waals surface area contributed by atoms with Crippen LogP contribution in [0, 0.1) is 5.92 Å². The van der Waals surface area contributed by atoms with E-state index in [1.807, 2.05) is 30.3 Å². The second-order valence-electron chi connectivity index (χ2n) is 6.10. The summed E-state index contributed by atoms with van der Waals surface area (Å²) in [5.74, 6) is 0.0728. The van der Waals surface area contributed by atoms with Gasteiger partial charge in [-0.3, -0.25) is 9.78 Å². The largest absolute Gasteiger partial charge is 0.396 e. The molecule has 0 saturated heterocycles. The summed E-state index contributed by atoms with van der Waals surface area (Å²) in [4.78, 5) is 16.6. The van der Waals surface area contributed by atoms with Gasteiger partial charge in [-0.2, -0.15) is 0 Å². The van der Waals surface area contributed by atoms with E-state index in [4.69, 9.17) is 0 Å². The maximum Gasteiger partial charge on any atom is 0.244 e. The maximum absolute atomic E-state index is 12.2. The molecule has 1 heterocycles. The second-order valence-corrected chi connectivity index (χ2v) is 6.10. The Morgan fingerprint density at radius 1 is 1.26 bits per heavy atom. The number of aliphatic hydroxyl groups is 1. The predicted octanol–water partition coefficient (Wildman–Crippen LogP) is 2.92. The molecule has 0 spiro atoms. The summed E-state index contributed by atoms with van der Waals surface area (Å²) in [6.45, 7) is 0.141. The molecule has 1 aliphatic carbocycles. The van der Waals surface area contributed by atoms with Crippen LogP contribution in [-0.4, -0.2) is 28.6 Å². The lowest BCUT2D eigenvalue weighted by Crippen LogP contribution is -2.42. The average Bonchev–Trinajstić information content (AvgIpc) is 2.60. The lowest BCUT2D eigenvalue weighted by atomic mass is 9.85. The fourth-order valence-electron chi connectivity index (χ4n) is 3.27. The molecule has 4 heteroatoms. The van der Waals surface area contributed by atoms with Gasteiger partial charge >= 0.3 is 0 Å². The molecule has 0 aliphatic heterocycles. The van der Waals surface area contributed by atoms with E-state index in [0.717, 1.165) is 42.1 Å². The Morgan fingerprint density at radius 3 is 2.96 bits per heavy atom. The Hall–Kier alpha value is -2.20. The predicted molar refractivity (Wildman–Crippen MR) is 91.8 cm³/mol. The first kappa shape index (κ1) is 15.7. The number of benzene rings is 1. The van der Waals surface area contributed by atoms with Gasteiger partial charge < -0.3 is 10.4 Å². The minimum Gasteiger partial charge on any atom is -0.396 e. The minimum absolute atomic E-state index is 0.0801. The molecule has 2 aromatic rings. The summed E-state index contributed by atoms with van der Waals surface area (Å²) < 4.78 is 0. The number of para-hydroxylation sites is 1. The van der Waals surface area contributed by atoms with E-state index in [1.54, 1.807) is 18.3 Å². The van der Waals surface area contributed by atoms with Crippen molar-refractivity contribution in [3.05, 3.63) is 48.2 Å². The third kappa shape index (κ3) is 3.77. The van der Waals surface area contributed by atoms with Crippen LogP contribution >= 0.6 is 0 Å². The molecule has 1 aliphatic rings. The summed E-state index contributed by atoms with van der Waals surface area (Å²) in [7, 11) is 0. The van der Waals surface area contributed by atoms with Crippen molar-refractivity contribution < 1.29 is 9.90 Å². The molecule has 0 bridgehead atoms. The number of amides is 1. The van der Waals surface area contributed by atoms with Crippen molar-refractivity contribution >= 4 is 22.9 Å². The lowest BCUT2D eigenvalue weighted by Gasteiger charge is -2.30. The highest BCUT2D eigenvalue weighted by Gasteiger charge is 2.25. The number of hydrogen-bond acceptors (Lipinski definition) is 3. The van der Waals surface area contributed by atoms with Crippen molar-refractivity contribution in [1.82, 2.24) is 10.3 Å². The number of nitrogens with zero attached hydrogens (tertiary/aromatic N) is 1. The third-order valence-corrected chi connectivity index (χ3v) is 4.55. The van der Waals surface area contributed by atoms with Crippen molar-refractivity contribution in [3.8, 4) is 0 Å². The number of aliphatic hydroxyl groups excluding tert-OH is 1. The van der Waals surface area contributed by atoms with Gasteiger partial charge in [0.1, 0.15) is 0 Å². The zero-order valence-electron chi connectivity index (χ0n) is 13.1. The molecular weight excluding hydrogens is 288 g/mol. The zero-order chi connectivity index (χ0) is 16.1. The van der Waals surface area contributed by atoms with Crippen LogP contribution in [0.4, 0.5) is 0 Å². The highest BCUT2D eigenvalue weighted by atomic mass is 16.3. The van der Waals surface area contributed by atoms with Gasteiger partial charge in [-0.05, 0) is 25.0 Å². The maximum atomic E-state index is 12.2. The molecule has 2 N–H and O–H groups in total. The van der Waals surface area contributed by atoms with Gasteiger partial charge in [0, 0.05) is 41.8 Å². The fraction of sp³-hybridized carbons (Fsp3) is 0.368. The van der Waals surface area contributed by atoms with Gasteiger partial charge in [0.2, 0.25) is 5.91 Å². The number of rotatable bonds is 4. The van der Waals surface area contributed by atoms with Gasteiger partial charge in [-0.15, -0.1) is 0 Å². The molecule has 1 aromatic heterocycles. The van der Waals surface area contributed by atoms with Crippen molar-refractivity contribution in [1.29, 1.82) is 0 Å². The smallest absolute Gasteiger partial charge is 0.244 e. The number of aromatic nitrogens is 1. The van der Waals surface area contributed by atoms with Crippen LogP contribution in [0.3, 0.4) is 0 Å². The van der Waals surface area contributed by atoms with Gasteiger partial charge in [-0.25, -0.2) is 0 Å². The summed E-state index contributed by atoms with van der Waals surface area (Å²) >= 11 is 0. The number of nitrogens with one attached hydrogen (secondary N) is 1. The van der Waals surface area contributed by atoms with Crippen molar-refractivity contribution in [2.24, 2.45) is 5.92 Å². The van der Waals surface area contributed by atoms with E-state index in [0.29, 0.717) is 0 Å². The number of pyridine rings is 1. The number of fused-ring (bicyclic) bond motifs is 1. The standard InChI is InChI=1S/C19H22N2O2/c22-13-16-5-1-2-9-17(16)21-18(23)11-10-15-7-3-6-14-8-4-12-20-19(14)15/h3-4,6-8,10-12,16-17,22H,1-2,5,9,13H2,(H,21,23)/b11-10+. The van der Waals surface area contributed by atoms with Crippen LogP contribution in [0.5, 0.6) is 0 Å². The van der Waals surface area contributed by atoms with Crippen LogP contribution in [0.2, 0.25) is 0 Å². The van der Waals surface area contributed by atoms with Gasteiger partial charge in [0.25, 0.3) is 0 Å². The van der Waals surface area contributed by atoms with Crippen LogP contribution in [0.1, 0.15) is 31.2 Å². The van der Waals surface area contributed by atoms with Gasteiger partial charge in [-0.1, -0.05) is 37.1 Å². The Morgan fingerprint density at radius 2 is 2.09 bits per heavy atom. The van der Waals surface area contributed by atoms with Crippen LogP contribution in [0.15, 0.2) is 42.6 Å². The Kier molecular flexibility index (Phi) is 5.03. The van der Waals surface area contributed by atoms with Crippen molar-refractivity contribution in [2.45, 2.75) is 31.7 Å². The summed E-state index contributed by atoms with van der Waals surface area (Å²) in [5, 5.41) is 13.5. The average molecular weight is 310 g/mol. The lowest BCUT2D eigenvalue weighted by molar-refractivity contribution is -0.117. The first-order valence-corrected chi connectivity index (χ1v) is 8.21. The van der Waals surface area contributed by atoms with E-state index in [1.165, 1.54) is 0 Å². The van der Waals surface area contributed by atoms with Crippen LogP contribution < -0.4 is 5.32 Å². The van der Waals surface area contributed by atoms with Crippen molar-refractivity contribution in [3.63, 3.8) is 0 Å². The van der Waals surface area contributed by atoms with Crippen molar-refractivity contribution in [2.75, 3.05) is 6.61 Å². The molecule has 1 fully saturated rings. The topological polar surface area (TPSA) is 62.2 Å². The molecule has 2 atom stereocenters. The van der Waals surface area contributed by atoms with E-state index < -0.39 is 0 Å². The molecular formula is C19H22N2O2. The first-order chi connectivity index (χ1) is 11.3. The summed E-state index contributed by atoms with van der Waals surface area (Å²) in [6.07, 6.45) is 9.30. The van der Waals surface area contributed by atoms with Crippen LogP contribution in [0.25, 0.3) is 17.0 Å². The SMILES string of the molecule is O=C(/C=C/c1cccc2cccnc12)NC1CCCCC1CO. The van der Waals surface area contributed by atoms with E-state index in [2.05, 4.69) is 10.3 Å². The number of carbonyl (C=O) groups is 1. The monoisotopic (exact) mass is 310 g/mol. The molecule has 3 rings (SSSR count). The minimum atomic E-state index is -0.108. The van der Waals surface area contributed by atoms with Crippen LogP contribution in [-0.2, 0) is 4.79 Å². The van der Waals surface area contributed by atoms with E-state index in [9.17, 15) is 9.90 Å². The number of hydrogen-bond donors (Lipinski definition) is 2. The normalized spacial score (nSPS) is 21.6. The quantitative estimate of drug-likeness (QED) is 0.854. The highest BCUT2D eigenvalue weighted by molar-refractivity contribution is 5.95. The van der Waals surface area contributed by atoms with E-state index in [-0.39, 0.29) is 24.5 Å². The molecule has 2 unspecified atom stereocenters. The molecule has 4 nitrogen and oxygen atoms in total. The number of carbonyl (C=O) groups excluding carboxylic acids is 1. The molecule has 0 radical (unpaired) electrons. The molecule has 1 aromatic carbocycles. The summed E-state index contributed by atoms with van der Waals surface area (Å²) in [6, 6.07) is 9.92. The highest BCUT2D eigenvalue weighted by Crippen LogP contribution is 2.24. The Bertz CT molecular complexity index is 706. The first-order valence-electron chi connectivity index (χ1n) is 8.21. The Balaban J connectivity index is 1.70. The molecule has 120 valence electrons. The zero-order valence-corrected chi connectivity index (χ0v) is 13.1. The second kappa shape index (κ2) is 7.38. The third-order valence-electron chi connectivity index (χ3n) is 4.55. The molecule has 1 amide bonds. The Labute approximate surface area is 136 Å². The fourth-order valence-corrected chi connectivity index (χ4v) is 3.27. The van der Waals surface area contributed by atoms with E-state index >= 15 is 0 Å². The molecule has 1 saturated carbocycles. The van der Waals surface area contributed by atoms with Gasteiger partial charge in [0.15, 0.2) is 0 Å².